The van der Waals surface area contributed by atoms with Gasteiger partial charge in [0, 0.05) is 18.9 Å². The van der Waals surface area contributed by atoms with E-state index in [9.17, 15) is 9.59 Å². The fourth-order valence-electron chi connectivity index (χ4n) is 11.8. The molecule has 0 radical (unpaired) electrons. The highest BCUT2D eigenvalue weighted by Crippen LogP contribution is 2.47. The van der Waals surface area contributed by atoms with Crippen LogP contribution in [-0.4, -0.2) is 37.2 Å². The lowest BCUT2D eigenvalue weighted by Gasteiger charge is -2.27. The molecule has 1 N–H and O–H groups in total. The summed E-state index contributed by atoms with van der Waals surface area (Å²) in [5.74, 6) is 4.53. The van der Waals surface area contributed by atoms with Crippen molar-refractivity contribution in [2.45, 2.75) is 290 Å². The van der Waals surface area contributed by atoms with E-state index in [0.29, 0.717) is 6.42 Å². The van der Waals surface area contributed by atoms with Crippen molar-refractivity contribution >= 4 is 11.9 Å². The molecule has 0 spiro atoms. The molecule has 0 aromatic heterocycles. The van der Waals surface area contributed by atoms with Gasteiger partial charge in [-0.3, -0.25) is 9.59 Å². The number of ether oxygens (including phenoxy) is 2. The fourth-order valence-corrected chi connectivity index (χ4v) is 11.8. The topological polar surface area (TPSA) is 64.6 Å². The summed E-state index contributed by atoms with van der Waals surface area (Å²) in [5.41, 5.74) is 0. The zero-order valence-electron chi connectivity index (χ0n) is 42.2. The first-order valence-corrected chi connectivity index (χ1v) is 28.8. The summed E-state index contributed by atoms with van der Waals surface area (Å²) < 4.78 is 12.7. The molecule has 0 amide bonds. The minimum absolute atomic E-state index is 0.0132. The van der Waals surface area contributed by atoms with E-state index in [4.69, 9.17) is 9.47 Å². The molecule has 1 saturated heterocycles. The van der Waals surface area contributed by atoms with E-state index in [0.717, 1.165) is 94.5 Å². The molecule has 4 aliphatic rings. The van der Waals surface area contributed by atoms with Crippen molar-refractivity contribution in [2.75, 3.05) is 13.1 Å². The van der Waals surface area contributed by atoms with Crippen LogP contribution in [0.15, 0.2) is 12.2 Å². The van der Waals surface area contributed by atoms with Gasteiger partial charge in [0.05, 0.1) is 5.92 Å². The molecular formula is C58H105NO4. The Balaban J connectivity index is 1.13. The number of unbranched alkanes of at least 4 members (excludes halogenated alkanes) is 21. The third kappa shape index (κ3) is 24.8. The van der Waals surface area contributed by atoms with E-state index in [1.54, 1.807) is 0 Å². The lowest BCUT2D eigenvalue weighted by Crippen LogP contribution is -2.37. The largest absolute Gasteiger partial charge is 0.462 e. The first-order valence-electron chi connectivity index (χ1n) is 28.8. The Morgan fingerprint density at radius 2 is 1.05 bits per heavy atom. The van der Waals surface area contributed by atoms with Crippen LogP contribution in [0.2, 0.25) is 0 Å². The minimum atomic E-state index is -0.0917. The minimum Gasteiger partial charge on any atom is -0.462 e. The Morgan fingerprint density at radius 1 is 0.556 bits per heavy atom. The quantitative estimate of drug-likeness (QED) is 0.0376. The van der Waals surface area contributed by atoms with Crippen LogP contribution in [0.1, 0.15) is 278 Å². The molecule has 3 aliphatic carbocycles. The Morgan fingerprint density at radius 3 is 1.52 bits per heavy atom. The maximum Gasteiger partial charge on any atom is 0.310 e. The third-order valence-corrected chi connectivity index (χ3v) is 16.3. The molecule has 4 fully saturated rings. The van der Waals surface area contributed by atoms with Gasteiger partial charge in [-0.1, -0.05) is 206 Å². The lowest BCUT2D eigenvalue weighted by molar-refractivity contribution is -0.157. The first kappa shape index (κ1) is 54.2. The fraction of sp³-hybridized carbons (Fsp3) is 0.931. The molecule has 3 saturated carbocycles. The Hall–Kier alpha value is -1.36. The van der Waals surface area contributed by atoms with Crippen LogP contribution in [0.25, 0.3) is 0 Å². The number of carbonyl (C=O) groups excluding carboxylic acids is 2. The summed E-state index contributed by atoms with van der Waals surface area (Å²) in [5, 5.41) is 3.37. The highest BCUT2D eigenvalue weighted by Gasteiger charge is 2.40. The first-order chi connectivity index (χ1) is 31.0. The number of hydrogen-bond donors (Lipinski definition) is 1. The van der Waals surface area contributed by atoms with Gasteiger partial charge in [-0.2, -0.15) is 0 Å². The average Bonchev–Trinajstić information content (AvgIpc) is 4.20. The predicted molar refractivity (Wildman–Crippen MR) is 268 cm³/mol. The normalized spacial score (nSPS) is 26.0. The highest BCUT2D eigenvalue weighted by atomic mass is 16.5. The lowest BCUT2D eigenvalue weighted by atomic mass is 9.88. The van der Waals surface area contributed by atoms with Gasteiger partial charge in [-0.15, -0.1) is 0 Å². The van der Waals surface area contributed by atoms with Gasteiger partial charge in [0.15, 0.2) is 0 Å². The number of esters is 2. The zero-order valence-corrected chi connectivity index (χ0v) is 42.2. The molecule has 4 rings (SSSR count). The molecular weight excluding hydrogens is 775 g/mol. The average molecular weight is 880 g/mol. The summed E-state index contributed by atoms with van der Waals surface area (Å²) >= 11 is 0. The number of carbonyl (C=O) groups is 2. The Bertz CT molecular complexity index is 1120. The van der Waals surface area contributed by atoms with Gasteiger partial charge in [0.2, 0.25) is 0 Å². The second-order valence-corrected chi connectivity index (χ2v) is 21.9. The maximum absolute atomic E-state index is 13.8. The molecule has 0 aromatic carbocycles. The number of allylic oxidation sites excluding steroid dienone is 2. The van der Waals surface area contributed by atoms with Crippen LogP contribution in [0.5, 0.6) is 0 Å². The monoisotopic (exact) mass is 880 g/mol. The van der Waals surface area contributed by atoms with E-state index in [-0.39, 0.29) is 41.9 Å². The van der Waals surface area contributed by atoms with Crippen LogP contribution in [0, 0.1) is 41.4 Å². The van der Waals surface area contributed by atoms with Gasteiger partial charge >= 0.3 is 11.9 Å². The van der Waals surface area contributed by atoms with Crippen molar-refractivity contribution in [1.82, 2.24) is 5.32 Å². The number of rotatable bonds is 41. The second-order valence-electron chi connectivity index (χ2n) is 21.9. The van der Waals surface area contributed by atoms with E-state index < -0.39 is 0 Å². The van der Waals surface area contributed by atoms with Gasteiger partial charge in [-0.25, -0.2) is 0 Å². The van der Waals surface area contributed by atoms with Crippen molar-refractivity contribution < 1.29 is 19.1 Å². The maximum atomic E-state index is 13.8. The summed E-state index contributed by atoms with van der Waals surface area (Å²) in [6.45, 7) is 8.54. The van der Waals surface area contributed by atoms with Crippen LogP contribution < -0.4 is 5.32 Å². The van der Waals surface area contributed by atoms with Crippen molar-refractivity contribution in [3.05, 3.63) is 12.2 Å². The second kappa shape index (κ2) is 34.9. The molecule has 1 aliphatic heterocycles. The number of hydrogen-bond acceptors (Lipinski definition) is 5. The van der Waals surface area contributed by atoms with E-state index in [1.807, 2.05) is 0 Å². The van der Waals surface area contributed by atoms with Gasteiger partial charge in [-0.05, 0) is 113 Å². The molecule has 8 unspecified atom stereocenters. The standard InChI is InChI=1S/C58H105NO4/c1-4-7-10-13-19-25-33-48-44-50(48)35-27-21-15-17-23-29-38-54(39-30-24-18-16-22-28-36-51-45-49(51)34-26-20-14-11-8-5-2)62-57(60)46-52-41-42-56(55(52)40-31-12-9-6-3)63-58(61)53-37-32-43-59-47-53/h12,31,48-56,59H,4-11,13-30,32-47H2,1-3H3. The van der Waals surface area contributed by atoms with Crippen LogP contribution in [0.4, 0.5) is 0 Å². The molecule has 0 aromatic rings. The van der Waals surface area contributed by atoms with Crippen LogP contribution >= 0.6 is 0 Å². The van der Waals surface area contributed by atoms with Crippen LogP contribution in [0.3, 0.4) is 0 Å². The number of nitrogens with one attached hydrogen (secondary N) is 1. The van der Waals surface area contributed by atoms with Gasteiger partial charge in [0.25, 0.3) is 0 Å². The molecule has 366 valence electrons. The molecule has 63 heavy (non-hydrogen) atoms. The van der Waals surface area contributed by atoms with Crippen molar-refractivity contribution in [3.8, 4) is 0 Å². The Kier molecular flexibility index (Phi) is 30.0. The summed E-state index contributed by atoms with van der Waals surface area (Å²) in [4.78, 5) is 26.9. The van der Waals surface area contributed by atoms with E-state index in [1.165, 1.54) is 193 Å². The molecule has 8 atom stereocenters. The SMILES string of the molecule is CCCC=CCC1C(CC(=O)OC(CCCCCCCCC2CC2CCCCCCCC)CCCCCCCCC2CC2CCCCCCCC)CCC1OC(=O)C1CCCNC1. The summed E-state index contributed by atoms with van der Waals surface area (Å²) in [6.07, 6.45) is 55.8. The van der Waals surface area contributed by atoms with Gasteiger partial charge < -0.3 is 14.8 Å². The Labute approximate surface area is 391 Å². The molecule has 5 heteroatoms. The smallest absolute Gasteiger partial charge is 0.310 e. The molecule has 0 bridgehead atoms. The van der Waals surface area contributed by atoms with Gasteiger partial charge in [0.1, 0.15) is 12.2 Å². The third-order valence-electron chi connectivity index (χ3n) is 16.3. The van der Waals surface area contributed by atoms with E-state index in [2.05, 4.69) is 38.2 Å². The van der Waals surface area contributed by atoms with Crippen LogP contribution in [-0.2, 0) is 19.1 Å². The van der Waals surface area contributed by atoms with Crippen molar-refractivity contribution in [2.24, 2.45) is 41.4 Å². The molecule has 1 heterocycles. The van der Waals surface area contributed by atoms with Crippen molar-refractivity contribution in [3.63, 3.8) is 0 Å². The predicted octanol–water partition coefficient (Wildman–Crippen LogP) is 17.0. The van der Waals surface area contributed by atoms with E-state index >= 15 is 0 Å². The highest BCUT2D eigenvalue weighted by molar-refractivity contribution is 5.73. The molecule has 5 nitrogen and oxygen atoms in total. The summed E-state index contributed by atoms with van der Waals surface area (Å²) in [6, 6.07) is 0. The number of piperidine rings is 1. The van der Waals surface area contributed by atoms with Crippen molar-refractivity contribution in [1.29, 1.82) is 0 Å². The zero-order chi connectivity index (χ0) is 44.6. The summed E-state index contributed by atoms with van der Waals surface area (Å²) in [7, 11) is 0.